The molecule has 7 nitrogen and oxygen atoms in total. The van der Waals surface area contributed by atoms with E-state index in [9.17, 15) is 9.59 Å². The lowest BCUT2D eigenvalue weighted by atomic mass is 10.2. The molecule has 1 aliphatic rings. The highest BCUT2D eigenvalue weighted by atomic mass is 16.6. The van der Waals surface area contributed by atoms with Crippen molar-refractivity contribution in [3.8, 4) is 17.2 Å². The second kappa shape index (κ2) is 8.93. The van der Waals surface area contributed by atoms with Gasteiger partial charge in [0.15, 0.2) is 18.1 Å². The molecule has 0 bridgehead atoms. The summed E-state index contributed by atoms with van der Waals surface area (Å²) < 4.78 is 21.8. The molecule has 0 fully saturated rings. The van der Waals surface area contributed by atoms with E-state index in [1.807, 2.05) is 25.1 Å². The van der Waals surface area contributed by atoms with Gasteiger partial charge in [-0.1, -0.05) is 24.3 Å². The summed E-state index contributed by atoms with van der Waals surface area (Å²) in [5, 5.41) is 2.68. The van der Waals surface area contributed by atoms with Crippen LogP contribution in [0.4, 0.5) is 0 Å². The van der Waals surface area contributed by atoms with Crippen molar-refractivity contribution in [1.29, 1.82) is 0 Å². The molecule has 2 aromatic rings. The van der Waals surface area contributed by atoms with E-state index in [0.717, 1.165) is 0 Å². The molecule has 0 radical (unpaired) electrons. The van der Waals surface area contributed by atoms with Crippen LogP contribution in [0.3, 0.4) is 0 Å². The highest BCUT2D eigenvalue weighted by molar-refractivity contribution is 5.93. The molecule has 0 saturated heterocycles. The Balaban J connectivity index is 1.44. The molecule has 3 rings (SSSR count). The van der Waals surface area contributed by atoms with Crippen LogP contribution in [0.15, 0.2) is 48.5 Å². The molecule has 142 valence electrons. The zero-order valence-corrected chi connectivity index (χ0v) is 15.0. The summed E-state index contributed by atoms with van der Waals surface area (Å²) in [4.78, 5) is 24.1. The quantitative estimate of drug-likeness (QED) is 0.752. The predicted octanol–water partition coefficient (Wildman–Crippen LogP) is 2.20. The molecule has 1 N–H and O–H groups in total. The fourth-order valence-electron chi connectivity index (χ4n) is 2.57. The maximum Gasteiger partial charge on any atom is 0.342 e. The lowest BCUT2D eigenvalue weighted by Crippen LogP contribution is -2.42. The number of fused-ring (bicyclic) bond motifs is 1. The van der Waals surface area contributed by atoms with Crippen molar-refractivity contribution < 1.29 is 28.5 Å². The minimum Gasteiger partial charge on any atom is -0.493 e. The number of carbonyl (C=O) groups excluding carboxylic acids is 2. The van der Waals surface area contributed by atoms with Crippen LogP contribution in [-0.4, -0.2) is 44.3 Å². The van der Waals surface area contributed by atoms with E-state index in [4.69, 9.17) is 18.9 Å². The Morgan fingerprint density at radius 1 is 1.11 bits per heavy atom. The first-order chi connectivity index (χ1) is 13.2. The van der Waals surface area contributed by atoms with Gasteiger partial charge in [-0.3, -0.25) is 4.79 Å². The van der Waals surface area contributed by atoms with Crippen LogP contribution in [0.1, 0.15) is 17.3 Å². The lowest BCUT2D eigenvalue weighted by Gasteiger charge is -2.26. The van der Waals surface area contributed by atoms with E-state index in [1.54, 1.807) is 30.3 Å². The topological polar surface area (TPSA) is 83.1 Å². The zero-order chi connectivity index (χ0) is 19.1. The Labute approximate surface area is 157 Å². The molecule has 0 unspecified atom stereocenters. The lowest BCUT2D eigenvalue weighted by molar-refractivity contribution is -0.124. The SMILES string of the molecule is CCOc1ccccc1C(=O)OCC(=O)NC[C@H]1COc2ccccc2O1. The van der Waals surface area contributed by atoms with Crippen LogP contribution in [0.2, 0.25) is 0 Å². The molecule has 1 atom stereocenters. The number of esters is 1. The van der Waals surface area contributed by atoms with Gasteiger partial charge in [0.05, 0.1) is 13.2 Å². The number of benzene rings is 2. The van der Waals surface area contributed by atoms with Crippen molar-refractivity contribution in [2.24, 2.45) is 0 Å². The molecule has 2 aromatic carbocycles. The molecular formula is C20H21NO6. The smallest absolute Gasteiger partial charge is 0.342 e. The summed E-state index contributed by atoms with van der Waals surface area (Å²) in [7, 11) is 0. The van der Waals surface area contributed by atoms with Crippen molar-refractivity contribution >= 4 is 11.9 Å². The number of para-hydroxylation sites is 3. The molecule has 0 spiro atoms. The van der Waals surface area contributed by atoms with Gasteiger partial charge in [0.1, 0.15) is 24.0 Å². The third-order valence-electron chi connectivity index (χ3n) is 3.84. The highest BCUT2D eigenvalue weighted by Gasteiger charge is 2.21. The van der Waals surface area contributed by atoms with Crippen LogP contribution in [-0.2, 0) is 9.53 Å². The van der Waals surface area contributed by atoms with Crippen LogP contribution >= 0.6 is 0 Å². The van der Waals surface area contributed by atoms with Gasteiger partial charge in [-0.25, -0.2) is 4.79 Å². The second-order valence-electron chi connectivity index (χ2n) is 5.81. The third kappa shape index (κ3) is 4.91. The maximum absolute atomic E-state index is 12.2. The number of hydrogen-bond donors (Lipinski definition) is 1. The van der Waals surface area contributed by atoms with Gasteiger partial charge in [0.2, 0.25) is 0 Å². The first-order valence-corrected chi connectivity index (χ1v) is 8.71. The van der Waals surface area contributed by atoms with Gasteiger partial charge in [0.25, 0.3) is 5.91 Å². The summed E-state index contributed by atoms with van der Waals surface area (Å²) in [5.41, 5.74) is 0.285. The highest BCUT2D eigenvalue weighted by Crippen LogP contribution is 2.30. The van der Waals surface area contributed by atoms with E-state index >= 15 is 0 Å². The van der Waals surface area contributed by atoms with Crippen molar-refractivity contribution in [2.45, 2.75) is 13.0 Å². The number of amides is 1. The van der Waals surface area contributed by atoms with Crippen molar-refractivity contribution in [1.82, 2.24) is 5.32 Å². The largest absolute Gasteiger partial charge is 0.493 e. The Morgan fingerprint density at radius 3 is 2.67 bits per heavy atom. The van der Waals surface area contributed by atoms with Gasteiger partial charge in [-0.15, -0.1) is 0 Å². The summed E-state index contributed by atoms with van der Waals surface area (Å²) in [6, 6.07) is 14.1. The van der Waals surface area contributed by atoms with E-state index in [1.165, 1.54) is 0 Å². The normalized spacial score (nSPS) is 14.9. The van der Waals surface area contributed by atoms with E-state index in [2.05, 4.69) is 5.32 Å². The summed E-state index contributed by atoms with van der Waals surface area (Å²) in [6.07, 6.45) is -0.307. The Bertz CT molecular complexity index is 807. The average Bonchev–Trinajstić information content (AvgIpc) is 2.71. The van der Waals surface area contributed by atoms with E-state index in [0.29, 0.717) is 30.5 Å². The minimum atomic E-state index is -0.611. The third-order valence-corrected chi connectivity index (χ3v) is 3.84. The zero-order valence-electron chi connectivity index (χ0n) is 15.0. The molecule has 0 aliphatic carbocycles. The van der Waals surface area contributed by atoms with Gasteiger partial charge >= 0.3 is 5.97 Å². The Hall–Kier alpha value is -3.22. The Morgan fingerprint density at radius 2 is 1.85 bits per heavy atom. The molecule has 7 heteroatoms. The molecular weight excluding hydrogens is 350 g/mol. The van der Waals surface area contributed by atoms with Crippen molar-refractivity contribution in [3.05, 3.63) is 54.1 Å². The number of hydrogen-bond acceptors (Lipinski definition) is 6. The summed E-state index contributed by atoms with van der Waals surface area (Å²) >= 11 is 0. The van der Waals surface area contributed by atoms with E-state index < -0.39 is 11.9 Å². The first-order valence-electron chi connectivity index (χ1n) is 8.71. The molecule has 1 amide bonds. The summed E-state index contributed by atoms with van der Waals surface area (Å²) in [6.45, 7) is 2.45. The molecule has 1 aliphatic heterocycles. The fourth-order valence-corrected chi connectivity index (χ4v) is 2.57. The van der Waals surface area contributed by atoms with Gasteiger partial charge in [-0.2, -0.15) is 0 Å². The van der Waals surface area contributed by atoms with Gasteiger partial charge in [0, 0.05) is 0 Å². The molecule has 0 aromatic heterocycles. The Kier molecular flexibility index (Phi) is 6.14. The standard InChI is InChI=1S/C20H21NO6/c1-2-24-16-8-4-3-7-15(16)20(23)26-13-19(22)21-11-14-12-25-17-9-5-6-10-18(17)27-14/h3-10,14H,2,11-13H2,1H3,(H,21,22)/t14-/m0/s1. The number of ether oxygens (including phenoxy) is 4. The molecule has 1 heterocycles. The van der Waals surface area contributed by atoms with Crippen LogP contribution in [0.5, 0.6) is 17.2 Å². The first kappa shape index (κ1) is 18.6. The van der Waals surface area contributed by atoms with Crippen LogP contribution < -0.4 is 19.5 Å². The molecule has 27 heavy (non-hydrogen) atoms. The number of rotatable bonds is 7. The summed E-state index contributed by atoms with van der Waals surface area (Å²) in [5.74, 6) is 0.723. The number of nitrogens with one attached hydrogen (secondary N) is 1. The maximum atomic E-state index is 12.2. The average molecular weight is 371 g/mol. The molecule has 0 saturated carbocycles. The minimum absolute atomic E-state index is 0.250. The second-order valence-corrected chi connectivity index (χ2v) is 5.81. The van der Waals surface area contributed by atoms with Gasteiger partial charge in [-0.05, 0) is 31.2 Å². The van der Waals surface area contributed by atoms with Gasteiger partial charge < -0.3 is 24.3 Å². The monoisotopic (exact) mass is 371 g/mol. The van der Waals surface area contributed by atoms with Crippen LogP contribution in [0, 0.1) is 0 Å². The predicted molar refractivity (Wildman–Crippen MR) is 97.3 cm³/mol. The fraction of sp³-hybridized carbons (Fsp3) is 0.300. The number of carbonyl (C=O) groups is 2. The van der Waals surface area contributed by atoms with E-state index in [-0.39, 0.29) is 24.8 Å². The van der Waals surface area contributed by atoms with Crippen molar-refractivity contribution in [3.63, 3.8) is 0 Å². The van der Waals surface area contributed by atoms with Crippen molar-refractivity contribution in [2.75, 3.05) is 26.4 Å². The van der Waals surface area contributed by atoms with Crippen LogP contribution in [0.25, 0.3) is 0 Å².